The fraction of sp³-hybridized carbons (Fsp3) is 0.667. The van der Waals surface area contributed by atoms with Crippen molar-refractivity contribution in [3.8, 4) is 0 Å². The quantitative estimate of drug-likeness (QED) is 0.631. The summed E-state index contributed by atoms with van der Waals surface area (Å²) < 4.78 is 5.43. The molecule has 1 saturated carbocycles. The van der Waals surface area contributed by atoms with E-state index in [9.17, 15) is 4.79 Å². The zero-order valence-electron chi connectivity index (χ0n) is 18.7. The minimum atomic E-state index is -0.818. The van der Waals surface area contributed by atoms with Gasteiger partial charge in [-0.3, -0.25) is 14.7 Å². The molecule has 2 atom stereocenters. The molecular formula is C24H35ClN4O2. The van der Waals surface area contributed by atoms with Gasteiger partial charge in [0.2, 0.25) is 0 Å². The van der Waals surface area contributed by atoms with Gasteiger partial charge in [-0.05, 0) is 48.8 Å². The average molecular weight is 447 g/mol. The van der Waals surface area contributed by atoms with Crippen LogP contribution in [0.4, 0.5) is 0 Å². The van der Waals surface area contributed by atoms with Crippen LogP contribution in [0.5, 0.6) is 0 Å². The number of carbonyl (C=O) groups is 1. The van der Waals surface area contributed by atoms with E-state index in [1.807, 2.05) is 18.5 Å². The molecule has 0 radical (unpaired) electrons. The number of carbonyl (C=O) groups excluding carboxylic acids is 1. The van der Waals surface area contributed by atoms with Crippen LogP contribution in [0.25, 0.3) is 0 Å². The number of benzene rings is 1. The third-order valence-electron chi connectivity index (χ3n) is 6.50. The lowest BCUT2D eigenvalue weighted by Gasteiger charge is -2.38. The van der Waals surface area contributed by atoms with Gasteiger partial charge in [0.1, 0.15) is 0 Å². The molecule has 1 saturated heterocycles. The highest BCUT2D eigenvalue weighted by molar-refractivity contribution is 6.30. The highest BCUT2D eigenvalue weighted by atomic mass is 35.5. The first-order valence-electron chi connectivity index (χ1n) is 11.6. The minimum Gasteiger partial charge on any atom is -0.379 e. The molecule has 0 unspecified atom stereocenters. The van der Waals surface area contributed by atoms with E-state index in [2.05, 4.69) is 41.1 Å². The van der Waals surface area contributed by atoms with Gasteiger partial charge < -0.3 is 15.0 Å². The molecule has 0 aromatic heterocycles. The van der Waals surface area contributed by atoms with E-state index in [0.29, 0.717) is 29.8 Å². The molecule has 1 aromatic carbocycles. The summed E-state index contributed by atoms with van der Waals surface area (Å²) in [5.74, 6) is 1.09. The normalized spacial score (nSPS) is 26.6. The van der Waals surface area contributed by atoms with Crippen LogP contribution in [0.1, 0.15) is 44.7 Å². The Bertz CT molecular complexity index is 774. The summed E-state index contributed by atoms with van der Waals surface area (Å²) >= 11 is 6.17. The number of morpholine rings is 1. The number of hydrogen-bond acceptors (Lipinski definition) is 5. The molecule has 1 aromatic rings. The lowest BCUT2D eigenvalue weighted by Crippen LogP contribution is -2.53. The van der Waals surface area contributed by atoms with Gasteiger partial charge in [0.05, 0.1) is 25.6 Å². The van der Waals surface area contributed by atoms with Crippen molar-refractivity contribution in [3.05, 3.63) is 34.9 Å². The molecule has 3 aliphatic rings. The zero-order valence-corrected chi connectivity index (χ0v) is 19.5. The molecule has 2 aliphatic heterocycles. The molecule has 31 heavy (non-hydrogen) atoms. The Morgan fingerprint density at radius 3 is 2.61 bits per heavy atom. The molecule has 1 aliphatic carbocycles. The van der Waals surface area contributed by atoms with Crippen LogP contribution in [0.15, 0.2) is 29.3 Å². The van der Waals surface area contributed by atoms with Crippen molar-refractivity contribution in [3.63, 3.8) is 0 Å². The average Bonchev–Trinajstić information content (AvgIpc) is 3.50. The fourth-order valence-electron chi connectivity index (χ4n) is 4.82. The SMILES string of the molecule is CC(C)C[C@@]1(C(=O)NCCN2CCOCC2)N=CN(CC2CC2)[C@H]1c1ccc(Cl)cc1. The predicted octanol–water partition coefficient (Wildman–Crippen LogP) is 3.37. The van der Waals surface area contributed by atoms with E-state index >= 15 is 0 Å². The summed E-state index contributed by atoms with van der Waals surface area (Å²) in [7, 11) is 0. The third kappa shape index (κ3) is 5.41. The molecule has 170 valence electrons. The Morgan fingerprint density at radius 1 is 1.26 bits per heavy atom. The number of hydrogen-bond donors (Lipinski definition) is 1. The number of rotatable bonds is 9. The summed E-state index contributed by atoms with van der Waals surface area (Å²) in [5.41, 5.74) is 0.286. The standard InChI is InChI=1S/C24H35ClN4O2/c1-18(2)15-24(23(30)26-9-10-28-11-13-31-14-12-28)22(20-5-7-21(25)8-6-20)29(17-27-24)16-19-3-4-19/h5-8,17-19,22H,3-4,9-16H2,1-2H3,(H,26,30)/t22-,24+/m0/s1. The maximum atomic E-state index is 13.7. The van der Waals surface area contributed by atoms with Gasteiger partial charge in [-0.2, -0.15) is 0 Å². The largest absolute Gasteiger partial charge is 0.379 e. The van der Waals surface area contributed by atoms with Crippen molar-refractivity contribution in [2.24, 2.45) is 16.8 Å². The Kier molecular flexibility index (Phi) is 7.19. The maximum absolute atomic E-state index is 13.7. The fourth-order valence-corrected chi connectivity index (χ4v) is 4.95. The molecule has 7 heteroatoms. The molecule has 4 rings (SSSR count). The first-order chi connectivity index (χ1) is 15.0. The van der Waals surface area contributed by atoms with Crippen LogP contribution in [0, 0.1) is 11.8 Å². The highest BCUT2D eigenvalue weighted by Crippen LogP contribution is 2.45. The smallest absolute Gasteiger partial charge is 0.250 e. The van der Waals surface area contributed by atoms with Gasteiger partial charge >= 0.3 is 0 Å². The number of halogens is 1. The second-order valence-electron chi connectivity index (χ2n) is 9.57. The van der Waals surface area contributed by atoms with Gasteiger partial charge in [0, 0.05) is 37.7 Å². The number of nitrogens with one attached hydrogen (secondary N) is 1. The summed E-state index contributed by atoms with van der Waals surface area (Å²) in [6.07, 6.45) is 5.17. The van der Waals surface area contributed by atoms with Gasteiger partial charge in [0.15, 0.2) is 5.54 Å². The Hall–Kier alpha value is -1.63. The number of aliphatic imine (C=N–C) groups is 1. The van der Waals surface area contributed by atoms with Crippen LogP contribution < -0.4 is 5.32 Å². The van der Waals surface area contributed by atoms with Gasteiger partial charge in [-0.25, -0.2) is 0 Å². The summed E-state index contributed by atoms with van der Waals surface area (Å²) in [6.45, 7) is 10.1. The molecule has 6 nitrogen and oxygen atoms in total. The first-order valence-corrected chi connectivity index (χ1v) is 12.0. The van der Waals surface area contributed by atoms with Gasteiger partial charge in [0.25, 0.3) is 5.91 Å². The Morgan fingerprint density at radius 2 is 1.97 bits per heavy atom. The number of ether oxygens (including phenoxy) is 1. The number of amides is 1. The van der Waals surface area contributed by atoms with E-state index in [4.69, 9.17) is 21.3 Å². The highest BCUT2D eigenvalue weighted by Gasteiger charge is 2.52. The third-order valence-corrected chi connectivity index (χ3v) is 6.75. The van der Waals surface area contributed by atoms with E-state index < -0.39 is 5.54 Å². The van der Waals surface area contributed by atoms with Crippen molar-refractivity contribution in [1.29, 1.82) is 0 Å². The first kappa shape index (κ1) is 22.6. The minimum absolute atomic E-state index is 0.0314. The van der Waals surface area contributed by atoms with E-state index in [1.165, 1.54) is 12.8 Å². The Balaban J connectivity index is 1.54. The summed E-state index contributed by atoms with van der Waals surface area (Å²) in [6, 6.07) is 7.84. The van der Waals surface area contributed by atoms with Crippen molar-refractivity contribution in [1.82, 2.24) is 15.1 Å². The second kappa shape index (κ2) is 9.88. The van der Waals surface area contributed by atoms with E-state index in [1.54, 1.807) is 0 Å². The topological polar surface area (TPSA) is 57.2 Å². The second-order valence-corrected chi connectivity index (χ2v) is 10.0. The predicted molar refractivity (Wildman–Crippen MR) is 125 cm³/mol. The van der Waals surface area contributed by atoms with Crippen molar-refractivity contribution in [2.75, 3.05) is 45.9 Å². The molecule has 0 spiro atoms. The zero-order chi connectivity index (χ0) is 21.8. The van der Waals surface area contributed by atoms with Crippen molar-refractivity contribution < 1.29 is 9.53 Å². The number of nitrogens with zero attached hydrogens (tertiary/aromatic N) is 3. The molecule has 2 heterocycles. The van der Waals surface area contributed by atoms with Crippen LogP contribution >= 0.6 is 11.6 Å². The molecule has 1 N–H and O–H groups in total. The summed E-state index contributed by atoms with van der Waals surface area (Å²) in [4.78, 5) is 23.3. The molecule has 2 fully saturated rings. The summed E-state index contributed by atoms with van der Waals surface area (Å²) in [5, 5.41) is 3.94. The van der Waals surface area contributed by atoms with Crippen molar-refractivity contribution >= 4 is 23.8 Å². The van der Waals surface area contributed by atoms with Gasteiger partial charge in [-0.15, -0.1) is 0 Å². The van der Waals surface area contributed by atoms with E-state index in [-0.39, 0.29) is 11.9 Å². The van der Waals surface area contributed by atoms with Crippen LogP contribution in [0.3, 0.4) is 0 Å². The van der Waals surface area contributed by atoms with E-state index in [0.717, 1.165) is 45.0 Å². The molecular weight excluding hydrogens is 412 g/mol. The van der Waals surface area contributed by atoms with Crippen LogP contribution in [-0.2, 0) is 9.53 Å². The molecule has 1 amide bonds. The van der Waals surface area contributed by atoms with Crippen molar-refractivity contribution in [2.45, 2.75) is 44.7 Å². The van der Waals surface area contributed by atoms with Gasteiger partial charge in [-0.1, -0.05) is 37.6 Å². The monoisotopic (exact) mass is 446 g/mol. The Labute approximate surface area is 191 Å². The van der Waals surface area contributed by atoms with Crippen LogP contribution in [-0.4, -0.2) is 73.5 Å². The lowest BCUT2D eigenvalue weighted by atomic mass is 9.78. The lowest BCUT2D eigenvalue weighted by molar-refractivity contribution is -0.128. The molecule has 0 bridgehead atoms. The van der Waals surface area contributed by atoms with Crippen LogP contribution in [0.2, 0.25) is 5.02 Å². The maximum Gasteiger partial charge on any atom is 0.250 e.